The highest BCUT2D eigenvalue weighted by atomic mass is 79.9. The van der Waals surface area contributed by atoms with Crippen LogP contribution in [0.5, 0.6) is 0 Å². The summed E-state index contributed by atoms with van der Waals surface area (Å²) in [5.41, 5.74) is -0.834. The van der Waals surface area contributed by atoms with Crippen molar-refractivity contribution in [2.75, 3.05) is 7.05 Å². The largest absolute Gasteiger partial charge is 0.480 e. The summed E-state index contributed by atoms with van der Waals surface area (Å²) in [5, 5.41) is 9.11. The molecule has 18 heavy (non-hydrogen) atoms. The van der Waals surface area contributed by atoms with Crippen molar-refractivity contribution in [2.24, 2.45) is 0 Å². The van der Waals surface area contributed by atoms with Gasteiger partial charge in [0, 0.05) is 16.0 Å². The third kappa shape index (κ3) is 2.92. The average Bonchev–Trinajstić information content (AvgIpc) is 2.26. The van der Waals surface area contributed by atoms with Crippen LogP contribution in [-0.4, -0.2) is 34.5 Å². The topological polar surface area (TPSA) is 57.6 Å². The summed E-state index contributed by atoms with van der Waals surface area (Å²) in [5.74, 6) is -1.40. The number of nitrogens with zero attached hydrogens (tertiary/aromatic N) is 1. The van der Waals surface area contributed by atoms with Gasteiger partial charge in [-0.25, -0.2) is 4.79 Å². The van der Waals surface area contributed by atoms with Gasteiger partial charge in [0.15, 0.2) is 0 Å². The van der Waals surface area contributed by atoms with Gasteiger partial charge in [-0.05, 0) is 48.0 Å². The van der Waals surface area contributed by atoms with Crippen LogP contribution in [0.1, 0.15) is 24.2 Å². The lowest BCUT2D eigenvalue weighted by Gasteiger charge is -2.31. The Kier molecular flexibility index (Phi) is 4.55. The molecule has 0 aliphatic carbocycles. The molecular formula is C12H13Br2NO3. The van der Waals surface area contributed by atoms with Crippen molar-refractivity contribution >= 4 is 43.7 Å². The van der Waals surface area contributed by atoms with Crippen LogP contribution in [0.15, 0.2) is 27.1 Å². The molecule has 6 heteroatoms. The highest BCUT2D eigenvalue weighted by Gasteiger charge is 2.36. The number of halogens is 2. The van der Waals surface area contributed by atoms with Crippen molar-refractivity contribution in [2.45, 2.75) is 19.4 Å². The molecule has 1 amide bonds. The van der Waals surface area contributed by atoms with E-state index in [2.05, 4.69) is 31.9 Å². The molecule has 4 nitrogen and oxygen atoms in total. The number of hydrogen-bond acceptors (Lipinski definition) is 2. The molecule has 0 unspecified atom stereocenters. The minimum absolute atomic E-state index is 0.346. The van der Waals surface area contributed by atoms with E-state index in [0.29, 0.717) is 10.0 Å². The van der Waals surface area contributed by atoms with Gasteiger partial charge in [-0.2, -0.15) is 0 Å². The second-order valence-corrected chi connectivity index (χ2v) is 6.12. The predicted octanol–water partition coefficient (Wildman–Crippen LogP) is 3.15. The van der Waals surface area contributed by atoms with Gasteiger partial charge in [0.25, 0.3) is 5.91 Å². The van der Waals surface area contributed by atoms with E-state index >= 15 is 0 Å². The molecule has 0 radical (unpaired) electrons. The molecule has 0 atom stereocenters. The molecule has 98 valence electrons. The SMILES string of the molecule is CN(C(=O)c1ccc(Br)cc1Br)C(C)(C)C(=O)O. The zero-order chi connectivity index (χ0) is 14.1. The van der Waals surface area contributed by atoms with Gasteiger partial charge < -0.3 is 10.0 Å². The molecule has 0 aliphatic rings. The van der Waals surface area contributed by atoms with Crippen LogP contribution in [0.2, 0.25) is 0 Å². The van der Waals surface area contributed by atoms with Gasteiger partial charge in [0.2, 0.25) is 0 Å². The van der Waals surface area contributed by atoms with Crippen molar-refractivity contribution in [3.05, 3.63) is 32.7 Å². The van der Waals surface area contributed by atoms with Gasteiger partial charge >= 0.3 is 5.97 Å². The molecule has 1 aromatic rings. The van der Waals surface area contributed by atoms with Crippen LogP contribution < -0.4 is 0 Å². The first-order valence-electron chi connectivity index (χ1n) is 5.14. The molecule has 0 saturated heterocycles. The standard InChI is InChI=1S/C12H13Br2NO3/c1-12(2,11(17)18)15(3)10(16)8-5-4-7(13)6-9(8)14/h4-6H,1-3H3,(H,17,18). The normalized spacial score (nSPS) is 11.2. The van der Waals surface area contributed by atoms with E-state index < -0.39 is 11.5 Å². The van der Waals surface area contributed by atoms with Crippen LogP contribution in [0.4, 0.5) is 0 Å². The fraction of sp³-hybridized carbons (Fsp3) is 0.333. The number of likely N-dealkylation sites (N-methyl/N-ethyl adjacent to an activating group) is 1. The minimum atomic E-state index is -1.26. The maximum Gasteiger partial charge on any atom is 0.329 e. The Morgan fingerprint density at radius 2 is 1.83 bits per heavy atom. The fourth-order valence-corrected chi connectivity index (χ4v) is 2.46. The molecular weight excluding hydrogens is 366 g/mol. The van der Waals surface area contributed by atoms with Crippen molar-refractivity contribution in [1.29, 1.82) is 0 Å². The maximum absolute atomic E-state index is 12.2. The molecule has 0 aliphatic heterocycles. The highest BCUT2D eigenvalue weighted by molar-refractivity contribution is 9.11. The third-order valence-electron chi connectivity index (χ3n) is 2.83. The Hall–Kier alpha value is -0.880. The van der Waals surface area contributed by atoms with E-state index in [-0.39, 0.29) is 5.91 Å². The van der Waals surface area contributed by atoms with Crippen LogP contribution in [0, 0.1) is 0 Å². The predicted molar refractivity (Wildman–Crippen MR) is 75.7 cm³/mol. The Morgan fingerprint density at radius 3 is 2.28 bits per heavy atom. The lowest BCUT2D eigenvalue weighted by atomic mass is 10.0. The monoisotopic (exact) mass is 377 g/mol. The fourth-order valence-electron chi connectivity index (χ4n) is 1.24. The lowest BCUT2D eigenvalue weighted by Crippen LogP contribution is -2.50. The van der Waals surface area contributed by atoms with Gasteiger partial charge in [-0.15, -0.1) is 0 Å². The van der Waals surface area contributed by atoms with Crippen LogP contribution >= 0.6 is 31.9 Å². The van der Waals surface area contributed by atoms with Gasteiger partial charge in [-0.3, -0.25) is 4.79 Å². The number of amides is 1. The zero-order valence-corrected chi connectivity index (χ0v) is 13.4. The molecule has 0 aromatic heterocycles. The number of hydrogen-bond donors (Lipinski definition) is 1. The molecule has 0 fully saturated rings. The highest BCUT2D eigenvalue weighted by Crippen LogP contribution is 2.25. The summed E-state index contributed by atoms with van der Waals surface area (Å²) in [7, 11) is 1.48. The number of carboxylic acids is 1. The summed E-state index contributed by atoms with van der Waals surface area (Å²) >= 11 is 6.59. The van der Waals surface area contributed by atoms with Crippen molar-refractivity contribution < 1.29 is 14.7 Å². The first-order valence-corrected chi connectivity index (χ1v) is 6.73. The smallest absolute Gasteiger partial charge is 0.329 e. The quantitative estimate of drug-likeness (QED) is 0.878. The van der Waals surface area contributed by atoms with E-state index in [4.69, 9.17) is 5.11 Å². The van der Waals surface area contributed by atoms with Crippen molar-refractivity contribution in [3.8, 4) is 0 Å². The van der Waals surface area contributed by atoms with E-state index in [0.717, 1.165) is 4.47 Å². The third-order valence-corrected chi connectivity index (χ3v) is 3.98. The number of aliphatic carboxylic acids is 1. The lowest BCUT2D eigenvalue weighted by molar-refractivity contribution is -0.147. The second-order valence-electron chi connectivity index (χ2n) is 4.35. The maximum atomic E-state index is 12.2. The Labute approximate surface area is 122 Å². The Bertz CT molecular complexity index is 500. The van der Waals surface area contributed by atoms with Gasteiger partial charge in [0.05, 0.1) is 5.56 Å². The van der Waals surface area contributed by atoms with Crippen molar-refractivity contribution in [3.63, 3.8) is 0 Å². The van der Waals surface area contributed by atoms with Gasteiger partial charge in [-0.1, -0.05) is 15.9 Å². The van der Waals surface area contributed by atoms with Crippen LogP contribution in [-0.2, 0) is 4.79 Å². The summed E-state index contributed by atoms with van der Waals surface area (Å²) in [4.78, 5) is 24.6. The first-order chi connectivity index (χ1) is 8.17. The molecule has 1 N–H and O–H groups in total. The molecule has 0 saturated carbocycles. The van der Waals surface area contributed by atoms with E-state index in [1.807, 2.05) is 0 Å². The number of benzene rings is 1. The Morgan fingerprint density at radius 1 is 1.28 bits per heavy atom. The van der Waals surface area contributed by atoms with Crippen LogP contribution in [0.3, 0.4) is 0 Å². The van der Waals surface area contributed by atoms with E-state index in [9.17, 15) is 9.59 Å². The summed E-state index contributed by atoms with van der Waals surface area (Å²) in [6, 6.07) is 5.12. The van der Waals surface area contributed by atoms with Gasteiger partial charge in [0.1, 0.15) is 5.54 Å². The minimum Gasteiger partial charge on any atom is -0.480 e. The molecule has 1 rings (SSSR count). The van der Waals surface area contributed by atoms with Crippen molar-refractivity contribution in [1.82, 2.24) is 4.90 Å². The molecule has 0 spiro atoms. The zero-order valence-electron chi connectivity index (χ0n) is 10.2. The molecule has 1 aromatic carbocycles. The molecule has 0 heterocycles. The summed E-state index contributed by atoms with van der Waals surface area (Å²) < 4.78 is 1.46. The second kappa shape index (κ2) is 5.40. The summed E-state index contributed by atoms with van der Waals surface area (Å²) in [6.45, 7) is 2.97. The summed E-state index contributed by atoms with van der Waals surface area (Å²) in [6.07, 6.45) is 0. The Balaban J connectivity index is 3.11. The number of carboxylic acid groups (broad SMARTS) is 1. The molecule has 0 bridgehead atoms. The number of rotatable bonds is 3. The number of carbonyl (C=O) groups is 2. The number of carbonyl (C=O) groups excluding carboxylic acids is 1. The van der Waals surface area contributed by atoms with Crippen LogP contribution in [0.25, 0.3) is 0 Å². The van der Waals surface area contributed by atoms with E-state index in [1.54, 1.807) is 18.2 Å². The van der Waals surface area contributed by atoms with E-state index in [1.165, 1.54) is 25.8 Å². The first kappa shape index (κ1) is 15.2. The average molecular weight is 379 g/mol.